The summed E-state index contributed by atoms with van der Waals surface area (Å²) in [5.41, 5.74) is 4.86. The van der Waals surface area contributed by atoms with Crippen LogP contribution in [0.1, 0.15) is 35.4 Å². The number of benzene rings is 2. The van der Waals surface area contributed by atoms with Gasteiger partial charge in [0.05, 0.1) is 11.3 Å². The number of nitrogens with zero attached hydrogens (tertiary/aromatic N) is 2. The molecule has 6 nitrogen and oxygen atoms in total. The highest BCUT2D eigenvalue weighted by Gasteiger charge is 2.21. The maximum atomic E-state index is 12.5. The molecule has 2 aromatic carbocycles. The molecule has 1 aliphatic carbocycles. The molecule has 0 aliphatic heterocycles. The summed E-state index contributed by atoms with van der Waals surface area (Å²) in [6.45, 7) is 1.88. The van der Waals surface area contributed by atoms with Crippen LogP contribution in [0.15, 0.2) is 65.3 Å². The Kier molecular flexibility index (Phi) is 4.67. The monoisotopic (exact) mass is 398 g/mol. The van der Waals surface area contributed by atoms with Crippen LogP contribution >= 0.6 is 0 Å². The number of hydrogen-bond acceptors (Lipinski definition) is 4. The average Bonchev–Trinajstić information content (AvgIpc) is 3.38. The molecule has 0 spiro atoms. The number of aromatic amines is 1. The number of nitrogens with one attached hydrogen (secondary N) is 2. The van der Waals surface area contributed by atoms with Crippen molar-refractivity contribution in [2.45, 2.75) is 32.2 Å². The third kappa shape index (κ3) is 3.41. The minimum atomic E-state index is -0.0328. The van der Waals surface area contributed by atoms with Gasteiger partial charge in [-0.05, 0) is 38.3 Å². The lowest BCUT2D eigenvalue weighted by molar-refractivity contribution is 0.0917. The van der Waals surface area contributed by atoms with Gasteiger partial charge in [-0.25, -0.2) is 4.98 Å². The predicted octanol–water partition coefficient (Wildman–Crippen LogP) is 4.99. The summed E-state index contributed by atoms with van der Waals surface area (Å²) in [6, 6.07) is 17.7. The van der Waals surface area contributed by atoms with E-state index in [2.05, 4.69) is 15.5 Å². The summed E-state index contributed by atoms with van der Waals surface area (Å²) in [5.74, 6) is 1.37. The molecular weight excluding hydrogens is 376 g/mol. The number of rotatable bonds is 5. The smallest absolute Gasteiger partial charge is 0.251 e. The zero-order valence-electron chi connectivity index (χ0n) is 16.7. The van der Waals surface area contributed by atoms with Gasteiger partial charge in [-0.1, -0.05) is 47.6 Å². The van der Waals surface area contributed by atoms with Crippen molar-refractivity contribution in [2.75, 3.05) is 0 Å². The Balaban J connectivity index is 1.45. The summed E-state index contributed by atoms with van der Waals surface area (Å²) < 4.78 is 5.47. The van der Waals surface area contributed by atoms with Gasteiger partial charge in [0.2, 0.25) is 0 Å². The number of imidazole rings is 1. The van der Waals surface area contributed by atoms with Gasteiger partial charge in [-0.3, -0.25) is 4.79 Å². The van der Waals surface area contributed by atoms with Crippen molar-refractivity contribution in [1.82, 2.24) is 20.4 Å². The lowest BCUT2D eigenvalue weighted by atomic mass is 9.93. The second-order valence-electron chi connectivity index (χ2n) is 7.64. The van der Waals surface area contributed by atoms with Gasteiger partial charge in [-0.2, -0.15) is 0 Å². The van der Waals surface area contributed by atoms with Crippen molar-refractivity contribution >= 4 is 5.91 Å². The highest BCUT2D eigenvalue weighted by molar-refractivity contribution is 5.95. The Hall–Kier alpha value is -3.67. The van der Waals surface area contributed by atoms with E-state index < -0.39 is 0 Å². The van der Waals surface area contributed by atoms with Crippen LogP contribution in [0.5, 0.6) is 0 Å². The average molecular weight is 398 g/mol. The largest absolute Gasteiger partial charge is 0.360 e. The minimum absolute atomic E-state index is 0.0328. The quantitative estimate of drug-likeness (QED) is 0.496. The van der Waals surface area contributed by atoms with Gasteiger partial charge in [0.25, 0.3) is 5.91 Å². The molecule has 1 amide bonds. The van der Waals surface area contributed by atoms with Crippen LogP contribution < -0.4 is 5.32 Å². The minimum Gasteiger partial charge on any atom is -0.360 e. The number of hydrogen-bond donors (Lipinski definition) is 2. The van der Waals surface area contributed by atoms with Crippen LogP contribution in [0.3, 0.4) is 0 Å². The number of aromatic nitrogens is 3. The van der Waals surface area contributed by atoms with E-state index in [1.54, 1.807) is 0 Å². The van der Waals surface area contributed by atoms with Crippen LogP contribution in [0.4, 0.5) is 0 Å². The Morgan fingerprint density at radius 2 is 1.90 bits per heavy atom. The van der Waals surface area contributed by atoms with Crippen LogP contribution in [0.2, 0.25) is 0 Å². The van der Waals surface area contributed by atoms with E-state index in [4.69, 9.17) is 9.51 Å². The number of carbonyl (C=O) groups is 1. The number of aryl methyl sites for hydroxylation is 1. The Morgan fingerprint density at radius 3 is 2.67 bits per heavy atom. The third-order valence-electron chi connectivity index (χ3n) is 5.58. The molecule has 0 unspecified atom stereocenters. The Labute approximate surface area is 174 Å². The zero-order chi connectivity index (χ0) is 20.5. The second kappa shape index (κ2) is 7.63. The van der Waals surface area contributed by atoms with E-state index in [9.17, 15) is 4.79 Å². The maximum Gasteiger partial charge on any atom is 0.251 e. The molecule has 6 heteroatoms. The van der Waals surface area contributed by atoms with Crippen molar-refractivity contribution in [3.63, 3.8) is 0 Å². The van der Waals surface area contributed by atoms with Crippen molar-refractivity contribution < 1.29 is 9.32 Å². The normalized spacial score (nSPS) is 13.8. The van der Waals surface area contributed by atoms with Crippen LogP contribution in [0, 0.1) is 6.92 Å². The van der Waals surface area contributed by atoms with E-state index in [1.807, 2.05) is 67.7 Å². The Bertz CT molecular complexity index is 1190. The molecular formula is C24H22N4O2. The molecule has 2 aromatic heterocycles. The molecule has 0 atom stereocenters. The summed E-state index contributed by atoms with van der Waals surface area (Å²) in [4.78, 5) is 20.5. The summed E-state index contributed by atoms with van der Waals surface area (Å²) in [5, 5.41) is 7.32. The van der Waals surface area contributed by atoms with Crippen LogP contribution in [-0.2, 0) is 0 Å². The van der Waals surface area contributed by atoms with E-state index >= 15 is 0 Å². The first kappa shape index (κ1) is 18.4. The van der Waals surface area contributed by atoms with Crippen molar-refractivity contribution in [3.8, 4) is 33.9 Å². The van der Waals surface area contributed by atoms with Gasteiger partial charge in [-0.15, -0.1) is 0 Å². The van der Waals surface area contributed by atoms with Crippen molar-refractivity contribution in [1.29, 1.82) is 0 Å². The molecule has 0 radical (unpaired) electrons. The molecule has 0 saturated heterocycles. The molecule has 1 aliphatic rings. The molecule has 2 N–H and O–H groups in total. The number of H-pyrrole nitrogens is 1. The van der Waals surface area contributed by atoms with Crippen LogP contribution in [0.25, 0.3) is 33.9 Å². The second-order valence-corrected chi connectivity index (χ2v) is 7.64. The molecule has 4 aromatic rings. The first-order valence-electron chi connectivity index (χ1n) is 10.2. The third-order valence-corrected chi connectivity index (χ3v) is 5.58. The standard InChI is InChI=1S/C24H22N4O2/c1-15-21(22(28-30-15)16-7-3-2-4-8-16)20-14-25-23(27-20)17-9-5-10-18(13-17)24(29)26-19-11-6-12-19/h2-5,7-10,13-14,19H,6,11-12H2,1H3,(H,25,27)(H,26,29). The molecule has 30 heavy (non-hydrogen) atoms. The number of carbonyl (C=O) groups excluding carboxylic acids is 1. The van der Waals surface area contributed by atoms with Gasteiger partial charge >= 0.3 is 0 Å². The first-order chi connectivity index (χ1) is 14.7. The molecule has 5 rings (SSSR count). The van der Waals surface area contributed by atoms with E-state index in [0.29, 0.717) is 23.2 Å². The topological polar surface area (TPSA) is 83.8 Å². The first-order valence-corrected chi connectivity index (χ1v) is 10.2. The van der Waals surface area contributed by atoms with Crippen molar-refractivity contribution in [2.24, 2.45) is 0 Å². The predicted molar refractivity (Wildman–Crippen MR) is 115 cm³/mol. The molecule has 1 fully saturated rings. The highest BCUT2D eigenvalue weighted by Crippen LogP contribution is 2.34. The summed E-state index contributed by atoms with van der Waals surface area (Å²) >= 11 is 0. The maximum absolute atomic E-state index is 12.5. The van der Waals surface area contributed by atoms with Crippen molar-refractivity contribution in [3.05, 3.63) is 72.1 Å². The Morgan fingerprint density at radius 1 is 1.10 bits per heavy atom. The highest BCUT2D eigenvalue weighted by atomic mass is 16.5. The van der Waals surface area contributed by atoms with E-state index in [0.717, 1.165) is 40.9 Å². The summed E-state index contributed by atoms with van der Waals surface area (Å²) in [7, 11) is 0. The molecule has 0 bridgehead atoms. The zero-order valence-corrected chi connectivity index (χ0v) is 16.7. The van der Waals surface area contributed by atoms with Gasteiger partial charge in [0.1, 0.15) is 17.3 Å². The SMILES string of the molecule is Cc1onc(-c2ccccc2)c1-c1c[nH]c(-c2cccc(C(=O)NC3CCC3)c2)n1. The molecule has 2 heterocycles. The molecule has 1 saturated carbocycles. The fourth-order valence-electron chi connectivity index (χ4n) is 3.69. The van der Waals surface area contributed by atoms with Gasteiger partial charge < -0.3 is 14.8 Å². The lowest BCUT2D eigenvalue weighted by Gasteiger charge is -2.26. The van der Waals surface area contributed by atoms with Crippen LogP contribution in [-0.4, -0.2) is 27.1 Å². The van der Waals surface area contributed by atoms with Gasteiger partial charge in [0.15, 0.2) is 0 Å². The number of amides is 1. The fourth-order valence-corrected chi connectivity index (χ4v) is 3.69. The van der Waals surface area contributed by atoms with E-state index in [-0.39, 0.29) is 5.91 Å². The van der Waals surface area contributed by atoms with Gasteiger partial charge in [0, 0.05) is 28.9 Å². The van der Waals surface area contributed by atoms with E-state index in [1.165, 1.54) is 6.42 Å². The summed E-state index contributed by atoms with van der Waals surface area (Å²) in [6.07, 6.45) is 5.17. The molecule has 150 valence electrons. The lowest BCUT2D eigenvalue weighted by Crippen LogP contribution is -2.39. The fraction of sp³-hybridized carbons (Fsp3) is 0.208.